The molecule has 0 saturated carbocycles. The summed E-state index contributed by atoms with van der Waals surface area (Å²) in [6, 6.07) is 1.78. The number of esters is 1. The molecule has 0 bridgehead atoms. The van der Waals surface area contributed by atoms with Crippen LogP contribution in [-0.2, 0) is 21.8 Å². The second-order valence-electron chi connectivity index (χ2n) is 3.60. The van der Waals surface area contributed by atoms with Crippen molar-refractivity contribution in [2.75, 3.05) is 13.7 Å². The van der Waals surface area contributed by atoms with Crippen molar-refractivity contribution in [3.05, 3.63) is 23.4 Å². The lowest BCUT2D eigenvalue weighted by Gasteiger charge is -1.94. The summed E-state index contributed by atoms with van der Waals surface area (Å²) in [4.78, 5) is 11.3. The monoisotopic (exact) mass is 299 g/mol. The summed E-state index contributed by atoms with van der Waals surface area (Å²) in [5, 5.41) is 11.5. The highest BCUT2D eigenvalue weighted by Crippen LogP contribution is 2.21. The van der Waals surface area contributed by atoms with Crippen molar-refractivity contribution in [2.24, 2.45) is 0 Å². The van der Waals surface area contributed by atoms with Crippen LogP contribution in [0.2, 0.25) is 0 Å². The van der Waals surface area contributed by atoms with E-state index in [2.05, 4.69) is 15.4 Å². The zero-order valence-electron chi connectivity index (χ0n) is 11.0. The molecule has 9 heteroatoms. The van der Waals surface area contributed by atoms with Gasteiger partial charge in [-0.3, -0.25) is 0 Å². The van der Waals surface area contributed by atoms with E-state index in [0.29, 0.717) is 18.1 Å². The molecule has 0 fully saturated rings. The Balaban J connectivity index is 1.88. The van der Waals surface area contributed by atoms with Crippen LogP contribution in [-0.4, -0.2) is 35.0 Å². The first-order valence-corrected chi connectivity index (χ1v) is 6.78. The Labute approximate surface area is 118 Å². The van der Waals surface area contributed by atoms with Gasteiger partial charge in [0.15, 0.2) is 5.76 Å². The molecule has 0 atom stereocenters. The van der Waals surface area contributed by atoms with Gasteiger partial charge in [0, 0.05) is 18.9 Å². The Hall–Kier alpha value is -1.87. The summed E-state index contributed by atoms with van der Waals surface area (Å²) >= 11 is 1.25. The molecule has 0 aromatic carbocycles. The number of carbonyl (C=O) groups is 1. The van der Waals surface area contributed by atoms with Crippen molar-refractivity contribution in [1.29, 1.82) is 0 Å². The maximum atomic E-state index is 11.3. The summed E-state index contributed by atoms with van der Waals surface area (Å²) in [7, 11) is 1.58. The normalized spacial score (nSPS) is 10.7. The van der Waals surface area contributed by atoms with E-state index in [1.54, 1.807) is 20.1 Å². The molecular formula is C11H13N3O5S. The number of hydrogen-bond acceptors (Lipinski definition) is 9. The van der Waals surface area contributed by atoms with Crippen LogP contribution in [0.1, 0.15) is 29.1 Å². The van der Waals surface area contributed by atoms with Gasteiger partial charge in [-0.25, -0.2) is 4.79 Å². The summed E-state index contributed by atoms with van der Waals surface area (Å²) < 4.78 is 19.9. The zero-order valence-corrected chi connectivity index (χ0v) is 11.8. The van der Waals surface area contributed by atoms with Gasteiger partial charge in [0.1, 0.15) is 6.61 Å². The minimum absolute atomic E-state index is 0.158. The van der Waals surface area contributed by atoms with Gasteiger partial charge >= 0.3 is 11.9 Å². The molecule has 0 spiro atoms. The molecule has 2 aromatic rings. The largest absolute Gasteiger partial charge is 0.459 e. The predicted octanol–water partition coefficient (Wildman–Crippen LogP) is 1.67. The molecule has 8 nitrogen and oxygen atoms in total. The van der Waals surface area contributed by atoms with E-state index in [0.717, 1.165) is 5.69 Å². The molecule has 0 saturated heterocycles. The van der Waals surface area contributed by atoms with Crippen LogP contribution in [0.4, 0.5) is 0 Å². The van der Waals surface area contributed by atoms with Gasteiger partial charge in [0.25, 0.3) is 5.22 Å². The van der Waals surface area contributed by atoms with Gasteiger partial charge in [-0.05, 0) is 6.92 Å². The molecule has 0 N–H and O–H groups in total. The number of carbonyl (C=O) groups excluding carboxylic acids is 1. The van der Waals surface area contributed by atoms with Crippen LogP contribution < -0.4 is 0 Å². The number of methoxy groups -OCH3 is 1. The highest BCUT2D eigenvalue weighted by molar-refractivity contribution is 7.98. The number of thioether (sulfide) groups is 1. The summed E-state index contributed by atoms with van der Waals surface area (Å²) in [5.74, 6) is 0.337. The molecular weight excluding hydrogens is 286 g/mol. The summed E-state index contributed by atoms with van der Waals surface area (Å²) in [6.45, 7) is 2.32. The van der Waals surface area contributed by atoms with Crippen LogP contribution in [0, 0.1) is 0 Å². The first-order valence-electron chi connectivity index (χ1n) is 5.79. The fourth-order valence-corrected chi connectivity index (χ4v) is 1.96. The van der Waals surface area contributed by atoms with E-state index in [-0.39, 0.29) is 17.7 Å². The van der Waals surface area contributed by atoms with Crippen molar-refractivity contribution in [1.82, 2.24) is 15.4 Å². The van der Waals surface area contributed by atoms with Crippen molar-refractivity contribution >= 4 is 17.7 Å². The first kappa shape index (κ1) is 14.5. The zero-order chi connectivity index (χ0) is 14.4. The van der Waals surface area contributed by atoms with Crippen LogP contribution in [0.5, 0.6) is 0 Å². The van der Waals surface area contributed by atoms with E-state index in [4.69, 9.17) is 18.4 Å². The third kappa shape index (κ3) is 3.81. The van der Waals surface area contributed by atoms with E-state index in [9.17, 15) is 4.79 Å². The molecule has 20 heavy (non-hydrogen) atoms. The molecule has 0 aliphatic rings. The molecule has 0 unspecified atom stereocenters. The topological polar surface area (TPSA) is 100 Å². The number of nitrogens with zero attached hydrogens (tertiary/aromatic N) is 3. The van der Waals surface area contributed by atoms with Gasteiger partial charge in [-0.1, -0.05) is 22.0 Å². The van der Waals surface area contributed by atoms with E-state index in [1.807, 2.05) is 0 Å². The molecule has 2 heterocycles. The van der Waals surface area contributed by atoms with Gasteiger partial charge < -0.3 is 18.4 Å². The van der Waals surface area contributed by atoms with Crippen molar-refractivity contribution in [2.45, 2.75) is 24.5 Å². The third-order valence-corrected chi connectivity index (χ3v) is 2.95. The lowest BCUT2D eigenvalue weighted by atomic mass is 10.4. The van der Waals surface area contributed by atoms with Crippen LogP contribution in [0.25, 0.3) is 0 Å². The van der Waals surface area contributed by atoms with E-state index in [1.165, 1.54) is 11.8 Å². The molecule has 2 aromatic heterocycles. The first-order chi connectivity index (χ1) is 9.72. The van der Waals surface area contributed by atoms with Gasteiger partial charge in [-0.2, -0.15) is 0 Å². The van der Waals surface area contributed by atoms with E-state index >= 15 is 0 Å². The number of rotatable bonds is 7. The molecule has 0 aliphatic carbocycles. The standard InChI is InChI=1S/C11H13N3O5S/c1-3-17-10(15)9-12-13-11(18-9)20-6-7-4-8(5-16-2)19-14-7/h4H,3,5-6H2,1-2H3. The lowest BCUT2D eigenvalue weighted by molar-refractivity contribution is 0.0475. The second-order valence-corrected chi connectivity index (χ2v) is 4.53. The second kappa shape index (κ2) is 7.06. The third-order valence-electron chi connectivity index (χ3n) is 2.09. The fourth-order valence-electron chi connectivity index (χ4n) is 1.31. The highest BCUT2D eigenvalue weighted by Gasteiger charge is 2.16. The minimum atomic E-state index is -0.629. The maximum Gasteiger partial charge on any atom is 0.396 e. The minimum Gasteiger partial charge on any atom is -0.459 e. The van der Waals surface area contributed by atoms with E-state index < -0.39 is 5.97 Å². The fraction of sp³-hybridized carbons (Fsp3) is 0.455. The van der Waals surface area contributed by atoms with Crippen LogP contribution in [0.15, 0.2) is 20.2 Å². The quantitative estimate of drug-likeness (QED) is 0.558. The average Bonchev–Trinajstić information content (AvgIpc) is 3.06. The Kier molecular flexibility index (Phi) is 5.13. The van der Waals surface area contributed by atoms with Crippen molar-refractivity contribution in [3.63, 3.8) is 0 Å². The Bertz CT molecular complexity index is 568. The predicted molar refractivity (Wildman–Crippen MR) is 67.0 cm³/mol. The molecule has 0 radical (unpaired) electrons. The maximum absolute atomic E-state index is 11.3. The Morgan fingerprint density at radius 2 is 2.30 bits per heavy atom. The molecule has 108 valence electrons. The van der Waals surface area contributed by atoms with Crippen LogP contribution in [0.3, 0.4) is 0 Å². The lowest BCUT2D eigenvalue weighted by Crippen LogP contribution is -2.04. The molecule has 0 aliphatic heterocycles. The molecule has 2 rings (SSSR count). The van der Waals surface area contributed by atoms with Gasteiger partial charge in [0.2, 0.25) is 0 Å². The number of hydrogen-bond donors (Lipinski definition) is 0. The number of ether oxygens (including phenoxy) is 2. The van der Waals surface area contributed by atoms with Gasteiger partial charge in [-0.15, -0.1) is 5.10 Å². The Morgan fingerprint density at radius 3 is 3.05 bits per heavy atom. The SMILES string of the molecule is CCOC(=O)c1nnc(SCc2cc(COC)on2)o1. The van der Waals surface area contributed by atoms with Gasteiger partial charge in [0.05, 0.1) is 12.3 Å². The van der Waals surface area contributed by atoms with Crippen LogP contribution >= 0.6 is 11.8 Å². The summed E-state index contributed by atoms with van der Waals surface area (Å²) in [6.07, 6.45) is 0. The van der Waals surface area contributed by atoms with Crippen molar-refractivity contribution < 1.29 is 23.2 Å². The average molecular weight is 299 g/mol. The van der Waals surface area contributed by atoms with Crippen molar-refractivity contribution in [3.8, 4) is 0 Å². The number of aromatic nitrogens is 3. The smallest absolute Gasteiger partial charge is 0.396 e. The summed E-state index contributed by atoms with van der Waals surface area (Å²) in [5.41, 5.74) is 0.720. The highest BCUT2D eigenvalue weighted by atomic mass is 32.2. The molecule has 0 amide bonds. The Morgan fingerprint density at radius 1 is 1.45 bits per heavy atom.